The van der Waals surface area contributed by atoms with Crippen molar-refractivity contribution < 1.29 is 19.1 Å². The lowest BCUT2D eigenvalue weighted by Gasteiger charge is -2.26. The van der Waals surface area contributed by atoms with Crippen LogP contribution < -0.4 is 15.1 Å². The average Bonchev–Trinajstić information content (AvgIpc) is 3.84. The van der Waals surface area contributed by atoms with Crippen LogP contribution in [0.25, 0.3) is 21.5 Å². The van der Waals surface area contributed by atoms with Gasteiger partial charge in [0.2, 0.25) is 0 Å². The minimum atomic E-state index is 0. The van der Waals surface area contributed by atoms with Crippen molar-refractivity contribution in [3.63, 3.8) is 0 Å². The first-order valence-corrected chi connectivity index (χ1v) is 21.6. The van der Waals surface area contributed by atoms with Gasteiger partial charge in [-0.1, -0.05) is 122 Å². The van der Waals surface area contributed by atoms with Gasteiger partial charge in [0.15, 0.2) is 16.0 Å². The molecule has 0 saturated carbocycles. The fourth-order valence-electron chi connectivity index (χ4n) is 8.41. The summed E-state index contributed by atoms with van der Waals surface area (Å²) in [5.41, 5.74) is 4.42. The second-order valence-electron chi connectivity index (χ2n) is 15.1. The zero-order valence-corrected chi connectivity index (χ0v) is 33.4. The highest BCUT2D eigenvalue weighted by molar-refractivity contribution is 7.18. The van der Waals surface area contributed by atoms with Crippen molar-refractivity contribution in [2.75, 3.05) is 62.4 Å². The second-order valence-corrected chi connectivity index (χ2v) is 17.0. The van der Waals surface area contributed by atoms with Gasteiger partial charge in [-0.3, -0.25) is 9.59 Å². The summed E-state index contributed by atoms with van der Waals surface area (Å²) in [6.45, 7) is 8.36. The van der Waals surface area contributed by atoms with E-state index in [2.05, 4.69) is 107 Å². The number of aromatic nitrogens is 2. The first-order valence-electron chi connectivity index (χ1n) is 20.0. The maximum atomic E-state index is 13.0. The van der Waals surface area contributed by atoms with Crippen molar-refractivity contribution in [3.8, 4) is 0 Å². The molecule has 3 atom stereocenters. The number of carbonyl (C=O) groups excluding carboxylic acids is 2. The lowest BCUT2D eigenvalue weighted by molar-refractivity contribution is 0.0940. The molecule has 1 N–H and O–H groups in total. The van der Waals surface area contributed by atoms with Crippen molar-refractivity contribution in [1.29, 1.82) is 0 Å². The highest BCUT2D eigenvalue weighted by Crippen LogP contribution is 2.42. The van der Waals surface area contributed by atoms with Gasteiger partial charge in [0.1, 0.15) is 4.88 Å². The molecule has 9 nitrogen and oxygen atoms in total. The molecule has 0 radical (unpaired) electrons. The molecule has 2 aromatic heterocycles. The quantitative estimate of drug-likeness (QED) is 0.172. The smallest absolute Gasteiger partial charge is 0.263 e. The minimum absolute atomic E-state index is 0. The molecule has 4 aliphatic rings. The van der Waals surface area contributed by atoms with Crippen LogP contribution in [0.5, 0.6) is 0 Å². The van der Waals surface area contributed by atoms with Crippen LogP contribution in [0.2, 0.25) is 0 Å². The lowest BCUT2D eigenvalue weighted by atomic mass is 9.88. The van der Waals surface area contributed by atoms with Crippen LogP contribution in [0, 0.1) is 0 Å². The molecule has 1 aliphatic carbocycles. The van der Waals surface area contributed by atoms with Crippen LogP contribution >= 0.6 is 22.7 Å². The maximum Gasteiger partial charge on any atom is 0.263 e. The van der Waals surface area contributed by atoms with Gasteiger partial charge in [-0.05, 0) is 58.4 Å². The van der Waals surface area contributed by atoms with E-state index < -0.39 is 0 Å². The number of hydrogen-bond acceptors (Lipinski definition) is 10. The Morgan fingerprint density at radius 1 is 0.684 bits per heavy atom. The van der Waals surface area contributed by atoms with Gasteiger partial charge in [-0.2, -0.15) is 0 Å². The predicted molar refractivity (Wildman–Crippen MR) is 233 cm³/mol. The van der Waals surface area contributed by atoms with Gasteiger partial charge in [0, 0.05) is 50.5 Å². The Morgan fingerprint density at radius 2 is 1.19 bits per heavy atom. The highest BCUT2D eigenvalue weighted by Gasteiger charge is 2.34. The molecule has 57 heavy (non-hydrogen) atoms. The van der Waals surface area contributed by atoms with Gasteiger partial charge in [-0.25, -0.2) is 9.97 Å². The molecule has 0 bridgehead atoms. The first-order chi connectivity index (χ1) is 27.5. The number of ketones is 1. The average molecular weight is 802 g/mol. The van der Waals surface area contributed by atoms with Gasteiger partial charge < -0.3 is 24.6 Å². The van der Waals surface area contributed by atoms with Crippen molar-refractivity contribution in [3.05, 3.63) is 117 Å². The Hall–Kier alpha value is -4.68. The molecule has 0 spiro atoms. The molecule has 1 amide bonds. The summed E-state index contributed by atoms with van der Waals surface area (Å²) in [5.74, 6) is 0.587. The number of amides is 1. The molecule has 4 aromatic carbocycles. The number of nitrogens with one attached hydrogen (secondary N) is 1. The number of morpholine rings is 2. The van der Waals surface area contributed by atoms with Crippen LogP contribution in [0.3, 0.4) is 0 Å². The molecule has 6 aromatic rings. The number of rotatable bonds is 5. The van der Waals surface area contributed by atoms with Gasteiger partial charge in [0.25, 0.3) is 5.91 Å². The zero-order valence-electron chi connectivity index (χ0n) is 31.7. The largest absolute Gasteiger partial charge is 0.378 e. The Bertz CT molecular complexity index is 2360. The Labute approximate surface area is 343 Å². The van der Waals surface area contributed by atoms with Crippen LogP contribution in [-0.4, -0.2) is 80.3 Å². The summed E-state index contributed by atoms with van der Waals surface area (Å²) in [6.07, 6.45) is 4.32. The summed E-state index contributed by atoms with van der Waals surface area (Å²) in [7, 11) is 0. The monoisotopic (exact) mass is 801 g/mol. The predicted octanol–water partition coefficient (Wildman–Crippen LogP) is 9.44. The number of benzene rings is 4. The van der Waals surface area contributed by atoms with Crippen LogP contribution in [0.1, 0.15) is 100 Å². The van der Waals surface area contributed by atoms with E-state index in [-0.39, 0.29) is 37.0 Å². The van der Waals surface area contributed by atoms with Crippen molar-refractivity contribution in [2.45, 2.75) is 64.3 Å². The molecule has 5 heterocycles. The van der Waals surface area contributed by atoms with E-state index in [9.17, 15) is 9.59 Å². The molecule has 2 saturated heterocycles. The number of hydrogen-bond donors (Lipinski definition) is 1. The van der Waals surface area contributed by atoms with E-state index >= 15 is 0 Å². The Balaban J connectivity index is 0.000000157. The fourth-order valence-corrected chi connectivity index (χ4v) is 10.6. The van der Waals surface area contributed by atoms with Gasteiger partial charge >= 0.3 is 0 Å². The topological polar surface area (TPSA) is 96.9 Å². The van der Waals surface area contributed by atoms with Gasteiger partial charge in [0.05, 0.1) is 42.7 Å². The van der Waals surface area contributed by atoms with Crippen molar-refractivity contribution in [1.82, 2.24) is 15.3 Å². The van der Waals surface area contributed by atoms with E-state index in [4.69, 9.17) is 19.4 Å². The lowest BCUT2D eigenvalue weighted by Crippen LogP contribution is -2.36. The first kappa shape index (κ1) is 39.2. The number of anilines is 2. The molecular formula is C46H51N5O4S2. The summed E-state index contributed by atoms with van der Waals surface area (Å²) in [6, 6.07) is 30.3. The Morgan fingerprint density at radius 3 is 1.75 bits per heavy atom. The number of Topliss-reactive ketones (excluding diaryl/α,β-unsaturated/α-hetero) is 1. The fraction of sp³-hybridized carbons (Fsp3) is 0.391. The van der Waals surface area contributed by atoms with Crippen LogP contribution in [0.15, 0.2) is 84.9 Å². The zero-order chi connectivity index (χ0) is 38.0. The maximum absolute atomic E-state index is 13.0. The summed E-state index contributed by atoms with van der Waals surface area (Å²) >= 11 is 3.10. The van der Waals surface area contributed by atoms with Crippen molar-refractivity contribution >= 4 is 66.2 Å². The second kappa shape index (κ2) is 17.4. The van der Waals surface area contributed by atoms with E-state index in [1.807, 2.05) is 0 Å². The third kappa shape index (κ3) is 8.21. The van der Waals surface area contributed by atoms with E-state index in [0.717, 1.165) is 96.5 Å². The van der Waals surface area contributed by atoms with Crippen LogP contribution in [-0.2, 0) is 9.47 Å². The molecule has 3 aliphatic heterocycles. The Kier molecular flexibility index (Phi) is 12.0. The number of fused-ring (bicyclic) bond motifs is 4. The number of nitrogens with zero attached hydrogens (tertiary/aromatic N) is 4. The number of carbonyl (C=O) groups is 2. The summed E-state index contributed by atoms with van der Waals surface area (Å²) in [4.78, 5) is 41.8. The molecule has 10 rings (SSSR count). The number of thiazole rings is 2. The molecule has 11 heteroatoms. The van der Waals surface area contributed by atoms with Gasteiger partial charge in [-0.15, -0.1) is 0 Å². The summed E-state index contributed by atoms with van der Waals surface area (Å²) in [5, 5.41) is 10.1. The molecular weight excluding hydrogens is 751 g/mol. The van der Waals surface area contributed by atoms with Crippen molar-refractivity contribution in [2.24, 2.45) is 0 Å². The van der Waals surface area contributed by atoms with E-state index in [0.29, 0.717) is 19.6 Å². The molecule has 296 valence electrons. The molecule has 2 fully saturated rings. The van der Waals surface area contributed by atoms with E-state index in [1.54, 1.807) is 11.3 Å². The third-order valence-corrected chi connectivity index (χ3v) is 13.9. The highest BCUT2D eigenvalue weighted by atomic mass is 32.1. The number of ether oxygens (including phenoxy) is 2. The summed E-state index contributed by atoms with van der Waals surface area (Å²) < 4.78 is 10.9. The SMILES string of the molecule is C.CC[C@H]1CC(c2ccc3ccccc3c2)c2nc(N3CCOCC3)sc2C(=O)N1.O=C1CCCC(c2ccc3ccccc3c2)c2nc(N3CCOCC3)sc21. The third-order valence-electron chi connectivity index (χ3n) is 11.6. The molecule has 2 unspecified atom stereocenters. The standard InChI is InChI=1S/C23H25N3O2S.C22H22N2O2S.CH4/c1-2-18-14-19(17-8-7-15-5-3-4-6-16(15)13-17)20-21(22(27)24-18)29-23(25-20)26-9-11-28-12-10-26;25-19-7-3-6-18(17-9-8-15-4-1-2-5-16(15)14-17)20-21(19)27-22(23-20)24-10-12-26-13-11-24;/h3-8,13,18-19H,2,9-12,14H2,1H3,(H,24,27);1-2,4-5,8-9,14,18H,3,6-7,10-13H2;1H4/t18-,19?;;/m0../s1. The van der Waals surface area contributed by atoms with E-state index in [1.165, 1.54) is 44.0 Å². The van der Waals surface area contributed by atoms with Crippen LogP contribution in [0.4, 0.5) is 10.3 Å². The normalized spacial score (nSPS) is 21.0. The minimum Gasteiger partial charge on any atom is -0.378 e.